The molecule has 0 radical (unpaired) electrons. The lowest BCUT2D eigenvalue weighted by atomic mass is 10.2. The summed E-state index contributed by atoms with van der Waals surface area (Å²) in [6.45, 7) is 23.1. The van der Waals surface area contributed by atoms with Crippen LogP contribution in [0.15, 0.2) is 0 Å². The van der Waals surface area contributed by atoms with Crippen molar-refractivity contribution in [2.75, 3.05) is 0 Å². The molecule has 1 unspecified atom stereocenters. The van der Waals surface area contributed by atoms with E-state index in [1.54, 1.807) is 0 Å². The Labute approximate surface area is 127 Å². The third-order valence-corrected chi connectivity index (χ3v) is 10.2. The highest BCUT2D eigenvalue weighted by Gasteiger charge is 2.46. The van der Waals surface area contributed by atoms with E-state index in [-0.39, 0.29) is 16.7 Å². The van der Waals surface area contributed by atoms with Gasteiger partial charge < -0.3 is 9.16 Å². The van der Waals surface area contributed by atoms with Crippen molar-refractivity contribution >= 4 is 22.4 Å². The van der Waals surface area contributed by atoms with Gasteiger partial charge in [0.1, 0.15) is 11.3 Å². The van der Waals surface area contributed by atoms with E-state index in [9.17, 15) is 4.79 Å². The third kappa shape index (κ3) is 6.10. The zero-order valence-electron chi connectivity index (χ0n) is 15.3. The van der Waals surface area contributed by atoms with Crippen LogP contribution in [0, 0.1) is 0 Å². The first-order valence-electron chi connectivity index (χ1n) is 7.38. The van der Waals surface area contributed by atoms with Gasteiger partial charge in [0, 0.05) is 0 Å². The molecule has 0 aliphatic heterocycles. The predicted molar refractivity (Wildman–Crippen MR) is 91.3 cm³/mol. The van der Waals surface area contributed by atoms with E-state index in [2.05, 4.69) is 53.5 Å². The van der Waals surface area contributed by atoms with E-state index < -0.39 is 22.0 Å². The molecule has 1 atom stereocenters. The van der Waals surface area contributed by atoms with Crippen molar-refractivity contribution in [1.29, 1.82) is 0 Å². The third-order valence-electron chi connectivity index (χ3n) is 3.63. The Hall–Kier alpha value is -0.136. The minimum atomic E-state index is -1.98. The quantitative estimate of drug-likeness (QED) is 0.561. The Morgan fingerprint density at radius 1 is 0.900 bits per heavy atom. The van der Waals surface area contributed by atoms with Crippen molar-refractivity contribution in [3.8, 4) is 0 Å². The highest BCUT2D eigenvalue weighted by molar-refractivity contribution is 6.82. The molecule has 0 aliphatic rings. The van der Waals surface area contributed by atoms with Crippen LogP contribution < -0.4 is 0 Å². The van der Waals surface area contributed by atoms with Gasteiger partial charge in [0.05, 0.1) is 8.07 Å². The smallest absolute Gasteiger partial charge is 0.330 e. The molecule has 0 spiro atoms. The largest absolute Gasteiger partial charge is 0.458 e. The number of ether oxygens (including phenoxy) is 1. The first-order chi connectivity index (χ1) is 8.47. The Bertz CT molecular complexity index is 344. The van der Waals surface area contributed by atoms with Crippen molar-refractivity contribution < 1.29 is 14.0 Å². The summed E-state index contributed by atoms with van der Waals surface area (Å²) in [5.74, 6) is -0.193. The fourth-order valence-electron chi connectivity index (χ4n) is 1.41. The molecule has 0 amide bonds. The van der Waals surface area contributed by atoms with E-state index >= 15 is 0 Å². The number of carbonyl (C=O) groups excluding carboxylic acids is 1. The summed E-state index contributed by atoms with van der Waals surface area (Å²) in [5, 5.41) is 0.0902. The molecule has 0 fully saturated rings. The van der Waals surface area contributed by atoms with Crippen LogP contribution in [0.2, 0.25) is 37.8 Å². The van der Waals surface area contributed by atoms with Crippen LogP contribution in [0.1, 0.15) is 41.5 Å². The van der Waals surface area contributed by atoms with Gasteiger partial charge in [0.2, 0.25) is 0 Å². The second-order valence-corrected chi connectivity index (χ2v) is 19.2. The summed E-state index contributed by atoms with van der Waals surface area (Å²) >= 11 is 0. The van der Waals surface area contributed by atoms with Crippen LogP contribution in [0.25, 0.3) is 0 Å². The molecule has 0 saturated carbocycles. The van der Waals surface area contributed by atoms with Crippen LogP contribution in [-0.4, -0.2) is 33.7 Å². The monoisotopic (exact) mass is 318 g/mol. The summed E-state index contributed by atoms with van der Waals surface area (Å²) in [4.78, 5) is 12.5. The molecule has 3 nitrogen and oxygen atoms in total. The van der Waals surface area contributed by atoms with Crippen LogP contribution in [-0.2, 0) is 14.0 Å². The van der Waals surface area contributed by atoms with Gasteiger partial charge >= 0.3 is 5.97 Å². The van der Waals surface area contributed by atoms with Gasteiger partial charge in [-0.3, -0.25) is 0 Å². The average molecular weight is 319 g/mol. The van der Waals surface area contributed by atoms with Gasteiger partial charge in [-0.15, -0.1) is 0 Å². The van der Waals surface area contributed by atoms with Crippen LogP contribution >= 0.6 is 0 Å². The second kappa shape index (κ2) is 5.93. The molecule has 120 valence electrons. The summed E-state index contributed by atoms with van der Waals surface area (Å²) in [6.07, 6.45) is 0. The SMILES string of the molecule is CC(C)(C)OC(=O)C(O[Si](C)(C)C(C)(C)C)[Si](C)(C)C. The van der Waals surface area contributed by atoms with E-state index in [1.165, 1.54) is 0 Å². The second-order valence-electron chi connectivity index (χ2n) is 9.16. The minimum absolute atomic E-state index is 0.0902. The Morgan fingerprint density at radius 3 is 1.55 bits per heavy atom. The van der Waals surface area contributed by atoms with Gasteiger partial charge in [0.15, 0.2) is 8.32 Å². The lowest BCUT2D eigenvalue weighted by molar-refractivity contribution is -0.160. The molecular formula is C15H34O3Si2. The normalized spacial score (nSPS) is 15.9. The van der Waals surface area contributed by atoms with Crippen LogP contribution in [0.5, 0.6) is 0 Å². The van der Waals surface area contributed by atoms with Gasteiger partial charge in [0.25, 0.3) is 0 Å². The van der Waals surface area contributed by atoms with Crippen molar-refractivity contribution in [2.24, 2.45) is 0 Å². The predicted octanol–water partition coefficient (Wildman–Crippen LogP) is 4.60. The molecule has 0 aromatic rings. The molecule has 0 aromatic heterocycles. The molecule has 5 heteroatoms. The van der Waals surface area contributed by atoms with Crippen molar-refractivity contribution in [3.05, 3.63) is 0 Å². The molecule has 0 aromatic carbocycles. The van der Waals surface area contributed by atoms with Gasteiger partial charge in [-0.25, -0.2) is 4.79 Å². The maximum absolute atomic E-state index is 12.5. The maximum Gasteiger partial charge on any atom is 0.330 e. The van der Waals surface area contributed by atoms with Gasteiger partial charge in [-0.1, -0.05) is 40.4 Å². The number of esters is 1. The van der Waals surface area contributed by atoms with Crippen LogP contribution in [0.3, 0.4) is 0 Å². The molecular weight excluding hydrogens is 284 g/mol. The van der Waals surface area contributed by atoms with Crippen molar-refractivity contribution in [2.45, 2.75) is 90.6 Å². The lowest BCUT2D eigenvalue weighted by Gasteiger charge is -2.42. The molecule has 0 aliphatic carbocycles. The molecule has 20 heavy (non-hydrogen) atoms. The van der Waals surface area contributed by atoms with E-state index in [1.807, 2.05) is 20.8 Å². The Kier molecular flexibility index (Phi) is 5.89. The molecule has 0 N–H and O–H groups in total. The topological polar surface area (TPSA) is 35.5 Å². The maximum atomic E-state index is 12.5. The van der Waals surface area contributed by atoms with Crippen molar-refractivity contribution in [3.63, 3.8) is 0 Å². The zero-order chi connectivity index (χ0) is 16.6. The van der Waals surface area contributed by atoms with E-state index in [0.29, 0.717) is 0 Å². The lowest BCUT2D eigenvalue weighted by Crippen LogP contribution is -2.56. The Balaban J connectivity index is 5.27. The molecule has 0 heterocycles. The fourth-order valence-corrected chi connectivity index (χ4v) is 5.51. The summed E-state index contributed by atoms with van der Waals surface area (Å²) in [7, 11) is -3.78. The zero-order valence-corrected chi connectivity index (χ0v) is 17.3. The number of hydrogen-bond donors (Lipinski definition) is 0. The summed E-state index contributed by atoms with van der Waals surface area (Å²) in [5.41, 5.74) is -0.853. The Morgan fingerprint density at radius 2 is 1.30 bits per heavy atom. The fraction of sp³-hybridized carbons (Fsp3) is 0.933. The standard InChI is InChI=1S/C15H34O3Si2/c1-14(2,3)17-12(16)13(19(7,8)9)18-20(10,11)15(4,5)6/h13H,1-11H3. The number of rotatable bonds is 4. The molecule has 0 saturated heterocycles. The average Bonchev–Trinajstić information content (AvgIpc) is 2.07. The first-order valence-corrected chi connectivity index (χ1v) is 13.9. The molecule has 0 rings (SSSR count). The molecule has 0 bridgehead atoms. The van der Waals surface area contributed by atoms with E-state index in [0.717, 1.165) is 0 Å². The minimum Gasteiger partial charge on any atom is -0.458 e. The van der Waals surface area contributed by atoms with Gasteiger partial charge in [-0.05, 0) is 38.9 Å². The highest BCUT2D eigenvalue weighted by Crippen LogP contribution is 2.38. The summed E-state index contributed by atoms with van der Waals surface area (Å²) < 4.78 is 12.0. The number of carbonyl (C=O) groups is 1. The van der Waals surface area contributed by atoms with Gasteiger partial charge in [-0.2, -0.15) is 0 Å². The number of hydrogen-bond acceptors (Lipinski definition) is 3. The highest BCUT2D eigenvalue weighted by atomic mass is 28.4. The van der Waals surface area contributed by atoms with Crippen molar-refractivity contribution in [1.82, 2.24) is 0 Å². The van der Waals surface area contributed by atoms with E-state index in [4.69, 9.17) is 9.16 Å². The first kappa shape index (κ1) is 19.9. The summed E-state index contributed by atoms with van der Waals surface area (Å²) in [6, 6.07) is 0. The van der Waals surface area contributed by atoms with Crippen LogP contribution in [0.4, 0.5) is 0 Å².